The second-order valence-corrected chi connectivity index (χ2v) is 6.51. The summed E-state index contributed by atoms with van der Waals surface area (Å²) in [6, 6.07) is 4.33. The molecule has 2 heterocycles. The molecule has 1 atom stereocenters. The molecule has 0 saturated heterocycles. The van der Waals surface area contributed by atoms with Gasteiger partial charge in [-0.05, 0) is 17.4 Å². The van der Waals surface area contributed by atoms with Crippen molar-refractivity contribution in [3.63, 3.8) is 0 Å². The quantitative estimate of drug-likeness (QED) is 0.913. The zero-order valence-electron chi connectivity index (χ0n) is 12.8. The molecule has 0 aromatic carbocycles. The fourth-order valence-electron chi connectivity index (χ4n) is 2.36. The Balaban J connectivity index is 2.23. The predicted octanol–water partition coefficient (Wildman–Crippen LogP) is 1.63. The maximum Gasteiger partial charge on any atom is 0.330 e. The zero-order chi connectivity index (χ0) is 15.6. The van der Waals surface area contributed by atoms with Gasteiger partial charge in [-0.15, -0.1) is 11.3 Å². The highest BCUT2D eigenvalue weighted by atomic mass is 32.1. The Labute approximate surface area is 127 Å². The minimum Gasteiger partial charge on any atom is -0.305 e. The Hall–Kier alpha value is -1.66. The van der Waals surface area contributed by atoms with E-state index in [0.29, 0.717) is 18.0 Å². The average Bonchev–Trinajstić information content (AvgIpc) is 2.95. The van der Waals surface area contributed by atoms with Crippen molar-refractivity contribution in [2.45, 2.75) is 26.4 Å². The van der Waals surface area contributed by atoms with Crippen LogP contribution < -0.4 is 16.6 Å². The van der Waals surface area contributed by atoms with E-state index in [1.165, 1.54) is 16.5 Å². The molecule has 2 rings (SSSR count). The summed E-state index contributed by atoms with van der Waals surface area (Å²) >= 11 is 1.71. The Morgan fingerprint density at radius 2 is 2.00 bits per heavy atom. The van der Waals surface area contributed by atoms with Crippen molar-refractivity contribution in [2.75, 3.05) is 0 Å². The number of hydrogen-bond donors (Lipinski definition) is 1. The maximum absolute atomic E-state index is 12.1. The van der Waals surface area contributed by atoms with Gasteiger partial charge >= 0.3 is 5.69 Å². The van der Waals surface area contributed by atoms with Crippen molar-refractivity contribution in [1.29, 1.82) is 0 Å². The van der Waals surface area contributed by atoms with Gasteiger partial charge in [0.15, 0.2) is 0 Å². The monoisotopic (exact) mass is 307 g/mol. The van der Waals surface area contributed by atoms with Crippen LogP contribution in [0.25, 0.3) is 0 Å². The van der Waals surface area contributed by atoms with E-state index >= 15 is 0 Å². The molecule has 0 aliphatic carbocycles. The van der Waals surface area contributed by atoms with E-state index in [2.05, 4.69) is 30.6 Å². The van der Waals surface area contributed by atoms with Gasteiger partial charge in [0.05, 0.1) is 0 Å². The smallest absolute Gasteiger partial charge is 0.305 e. The number of aryl methyl sites for hydroxylation is 1. The lowest BCUT2D eigenvalue weighted by atomic mass is 10.0. The number of nitrogens with zero attached hydrogens (tertiary/aromatic N) is 2. The van der Waals surface area contributed by atoms with Crippen LogP contribution in [0.15, 0.2) is 33.3 Å². The largest absolute Gasteiger partial charge is 0.330 e. The van der Waals surface area contributed by atoms with Crippen molar-refractivity contribution in [3.8, 4) is 0 Å². The van der Waals surface area contributed by atoms with E-state index < -0.39 is 0 Å². The molecule has 1 unspecified atom stereocenters. The van der Waals surface area contributed by atoms with Crippen LogP contribution in [0.2, 0.25) is 0 Å². The van der Waals surface area contributed by atoms with Gasteiger partial charge in [0, 0.05) is 43.3 Å². The summed E-state index contributed by atoms with van der Waals surface area (Å²) in [6.07, 6.45) is 1.61. The van der Waals surface area contributed by atoms with Gasteiger partial charge < -0.3 is 9.88 Å². The molecule has 114 valence electrons. The van der Waals surface area contributed by atoms with Crippen LogP contribution in [-0.4, -0.2) is 9.13 Å². The van der Waals surface area contributed by atoms with Gasteiger partial charge in [0.2, 0.25) is 0 Å². The van der Waals surface area contributed by atoms with E-state index in [-0.39, 0.29) is 17.3 Å². The zero-order valence-corrected chi connectivity index (χ0v) is 13.6. The van der Waals surface area contributed by atoms with Gasteiger partial charge in [-0.2, -0.15) is 0 Å². The third kappa shape index (κ3) is 3.33. The average molecular weight is 307 g/mol. The SMILES string of the molecule is CC(C)C(NCc1cn(C)c(=O)n(C)c1=O)c1cccs1. The van der Waals surface area contributed by atoms with Crippen LogP contribution in [0.5, 0.6) is 0 Å². The number of hydrogen-bond acceptors (Lipinski definition) is 4. The third-order valence-corrected chi connectivity index (χ3v) is 4.50. The maximum atomic E-state index is 12.1. The highest BCUT2D eigenvalue weighted by molar-refractivity contribution is 7.10. The van der Waals surface area contributed by atoms with Gasteiger partial charge in [0.25, 0.3) is 5.56 Å². The van der Waals surface area contributed by atoms with Crippen LogP contribution in [-0.2, 0) is 20.6 Å². The molecule has 6 heteroatoms. The highest BCUT2D eigenvalue weighted by Crippen LogP contribution is 2.25. The van der Waals surface area contributed by atoms with Crippen molar-refractivity contribution in [2.24, 2.45) is 20.0 Å². The second kappa shape index (κ2) is 6.41. The van der Waals surface area contributed by atoms with Crippen molar-refractivity contribution >= 4 is 11.3 Å². The predicted molar refractivity (Wildman–Crippen MR) is 85.7 cm³/mol. The minimum atomic E-state index is -0.303. The number of aromatic nitrogens is 2. The van der Waals surface area contributed by atoms with Crippen LogP contribution >= 0.6 is 11.3 Å². The Morgan fingerprint density at radius 1 is 1.29 bits per heavy atom. The molecule has 0 radical (unpaired) electrons. The molecule has 0 amide bonds. The van der Waals surface area contributed by atoms with Crippen LogP contribution in [0.4, 0.5) is 0 Å². The molecule has 21 heavy (non-hydrogen) atoms. The summed E-state index contributed by atoms with van der Waals surface area (Å²) in [4.78, 5) is 25.1. The lowest BCUT2D eigenvalue weighted by molar-refractivity contribution is 0.414. The number of thiophene rings is 1. The minimum absolute atomic E-state index is 0.201. The highest BCUT2D eigenvalue weighted by Gasteiger charge is 2.17. The molecular weight excluding hydrogens is 286 g/mol. The molecule has 0 fully saturated rings. The lowest BCUT2D eigenvalue weighted by Crippen LogP contribution is -2.40. The van der Waals surface area contributed by atoms with Crippen molar-refractivity contribution in [1.82, 2.24) is 14.5 Å². The van der Waals surface area contributed by atoms with Gasteiger partial charge in [0.1, 0.15) is 0 Å². The first-order valence-corrected chi connectivity index (χ1v) is 7.82. The molecule has 0 bridgehead atoms. The summed E-state index contributed by atoms with van der Waals surface area (Å²) in [5, 5.41) is 5.49. The first kappa shape index (κ1) is 15.7. The normalized spacial score (nSPS) is 12.8. The second-order valence-electron chi connectivity index (χ2n) is 5.53. The molecule has 5 nitrogen and oxygen atoms in total. The topological polar surface area (TPSA) is 56.0 Å². The van der Waals surface area contributed by atoms with E-state index in [1.54, 1.807) is 24.6 Å². The lowest BCUT2D eigenvalue weighted by Gasteiger charge is -2.21. The van der Waals surface area contributed by atoms with Gasteiger partial charge in [-0.1, -0.05) is 19.9 Å². The Bertz CT molecular complexity index is 714. The molecule has 0 aliphatic heterocycles. The van der Waals surface area contributed by atoms with Crippen LogP contribution in [0, 0.1) is 5.92 Å². The van der Waals surface area contributed by atoms with Crippen LogP contribution in [0.1, 0.15) is 30.3 Å². The van der Waals surface area contributed by atoms with E-state index in [9.17, 15) is 9.59 Å². The van der Waals surface area contributed by atoms with E-state index in [0.717, 1.165) is 4.57 Å². The number of rotatable bonds is 5. The van der Waals surface area contributed by atoms with Gasteiger partial charge in [-0.3, -0.25) is 9.36 Å². The molecule has 0 aliphatic rings. The summed E-state index contributed by atoms with van der Waals surface area (Å²) in [7, 11) is 3.16. The molecule has 2 aromatic heterocycles. The van der Waals surface area contributed by atoms with E-state index in [4.69, 9.17) is 0 Å². The van der Waals surface area contributed by atoms with Crippen molar-refractivity contribution < 1.29 is 0 Å². The fraction of sp³-hybridized carbons (Fsp3) is 0.467. The Kier molecular flexibility index (Phi) is 4.80. The fourth-order valence-corrected chi connectivity index (χ4v) is 3.33. The van der Waals surface area contributed by atoms with Gasteiger partial charge in [-0.25, -0.2) is 4.79 Å². The molecular formula is C15H21N3O2S. The Morgan fingerprint density at radius 3 is 2.57 bits per heavy atom. The molecule has 0 spiro atoms. The molecule has 0 saturated carbocycles. The molecule has 2 aromatic rings. The standard InChI is InChI=1S/C15H21N3O2S/c1-10(2)13(12-6-5-7-21-12)16-8-11-9-17(3)15(20)18(4)14(11)19/h5-7,9-10,13,16H,8H2,1-4H3. The summed E-state index contributed by atoms with van der Waals surface area (Å²) in [5.74, 6) is 0.417. The first-order valence-electron chi connectivity index (χ1n) is 6.94. The summed E-state index contributed by atoms with van der Waals surface area (Å²) in [5.41, 5.74) is 0.0588. The summed E-state index contributed by atoms with van der Waals surface area (Å²) in [6.45, 7) is 4.74. The van der Waals surface area contributed by atoms with E-state index in [1.807, 2.05) is 6.07 Å². The van der Waals surface area contributed by atoms with Crippen molar-refractivity contribution in [3.05, 3.63) is 55.0 Å². The first-order chi connectivity index (χ1) is 9.91. The number of nitrogens with one attached hydrogen (secondary N) is 1. The summed E-state index contributed by atoms with van der Waals surface area (Å²) < 4.78 is 2.58. The third-order valence-electron chi connectivity index (χ3n) is 3.55. The van der Waals surface area contributed by atoms with Crippen LogP contribution in [0.3, 0.4) is 0 Å². The molecule has 1 N–H and O–H groups in total.